The van der Waals surface area contributed by atoms with E-state index in [1.54, 1.807) is 12.1 Å². The second kappa shape index (κ2) is 8.87. The van der Waals surface area contributed by atoms with Gasteiger partial charge in [0.15, 0.2) is 5.75 Å². The lowest BCUT2D eigenvalue weighted by molar-refractivity contribution is -0.385. The summed E-state index contributed by atoms with van der Waals surface area (Å²) >= 11 is 0. The van der Waals surface area contributed by atoms with Crippen LogP contribution >= 0.6 is 0 Å². The molecule has 0 fully saturated rings. The number of benzene rings is 2. The van der Waals surface area contributed by atoms with Crippen LogP contribution in [0.15, 0.2) is 53.6 Å². The number of amides is 2. The molecule has 0 bridgehead atoms. The van der Waals surface area contributed by atoms with E-state index >= 15 is 0 Å². The molecule has 0 saturated heterocycles. The number of hydroxylamine groups is 1. The van der Waals surface area contributed by atoms with Gasteiger partial charge < -0.3 is 5.11 Å². The molecule has 0 heterocycles. The predicted octanol–water partition coefficient (Wildman–Crippen LogP) is 1.58. The number of aromatic hydroxyl groups is 1. The molecular weight excluding hydrogens is 356 g/mol. The number of hydrogen-bond acceptors (Lipinski definition) is 7. The molecule has 4 N–H and O–H groups in total. The van der Waals surface area contributed by atoms with E-state index in [1.807, 2.05) is 0 Å². The number of nitrogens with one attached hydrogen (secondary N) is 2. The molecule has 27 heavy (non-hydrogen) atoms. The van der Waals surface area contributed by atoms with Crippen molar-refractivity contribution in [1.82, 2.24) is 10.9 Å². The summed E-state index contributed by atoms with van der Waals surface area (Å²) in [6.45, 7) is 0. The lowest BCUT2D eigenvalue weighted by atomic mass is 10.1. The van der Waals surface area contributed by atoms with Crippen molar-refractivity contribution in [3.8, 4) is 5.75 Å². The number of phenolic OH excluding ortho intramolecular Hbond substituents is 1. The van der Waals surface area contributed by atoms with Gasteiger partial charge in [0, 0.05) is 17.7 Å². The molecule has 0 atom stereocenters. The minimum Gasteiger partial charge on any atom is -0.502 e. The predicted molar refractivity (Wildman–Crippen MR) is 95.2 cm³/mol. The van der Waals surface area contributed by atoms with Crippen molar-refractivity contribution in [2.45, 2.75) is 0 Å². The number of phenols is 1. The van der Waals surface area contributed by atoms with E-state index < -0.39 is 28.2 Å². The zero-order chi connectivity index (χ0) is 19.8. The normalized spacial score (nSPS) is 10.9. The summed E-state index contributed by atoms with van der Waals surface area (Å²) in [4.78, 5) is 33.0. The first-order chi connectivity index (χ1) is 12.9. The maximum Gasteiger partial charge on any atom is 0.310 e. The summed E-state index contributed by atoms with van der Waals surface area (Å²) in [5.74, 6) is -1.75. The minimum atomic E-state index is -0.719. The Hall–Kier alpha value is -4.05. The van der Waals surface area contributed by atoms with Crippen LogP contribution in [0.4, 0.5) is 5.69 Å². The third-order valence-corrected chi connectivity index (χ3v) is 3.26. The van der Waals surface area contributed by atoms with Crippen molar-refractivity contribution in [2.75, 3.05) is 0 Å². The average molecular weight is 370 g/mol. The topological polar surface area (TPSA) is 154 Å². The van der Waals surface area contributed by atoms with Crippen LogP contribution in [0.5, 0.6) is 5.75 Å². The van der Waals surface area contributed by atoms with Gasteiger partial charge in [0.2, 0.25) is 0 Å². The molecule has 138 valence electrons. The Morgan fingerprint density at radius 2 is 1.93 bits per heavy atom. The Balaban J connectivity index is 2.04. The number of nitro groups is 1. The van der Waals surface area contributed by atoms with Crippen molar-refractivity contribution in [2.24, 2.45) is 5.10 Å². The number of nitrogens with zero attached hydrogens (tertiary/aromatic N) is 2. The maximum atomic E-state index is 12.1. The summed E-state index contributed by atoms with van der Waals surface area (Å²) in [6, 6.07) is 9.92. The quantitative estimate of drug-likeness (QED) is 0.199. The first-order valence-corrected chi connectivity index (χ1v) is 7.43. The summed E-state index contributed by atoms with van der Waals surface area (Å²) in [5, 5.41) is 32.3. The van der Waals surface area contributed by atoms with Crippen LogP contribution in [-0.2, 0) is 4.79 Å². The Kier molecular flexibility index (Phi) is 6.34. The van der Waals surface area contributed by atoms with Gasteiger partial charge in [-0.3, -0.25) is 24.9 Å². The smallest absolute Gasteiger partial charge is 0.310 e. The molecule has 2 amide bonds. The third kappa shape index (κ3) is 5.47. The molecule has 0 aliphatic heterocycles. The number of carbonyl (C=O) groups is 2. The van der Waals surface area contributed by atoms with E-state index in [4.69, 9.17) is 5.21 Å². The van der Waals surface area contributed by atoms with E-state index in [2.05, 4.69) is 10.5 Å². The van der Waals surface area contributed by atoms with Gasteiger partial charge in [-0.2, -0.15) is 5.10 Å². The standard InChI is InChI=1S/C17H14N4O6/c22-15-9-12(4-6-14(15)21(26)27)10-18-19-17(24)13-3-1-2-11(8-13)5-7-16(23)20-25/h1-10,22,25H,(H,19,24)(H,20,23). The maximum absolute atomic E-state index is 12.1. The Labute approximate surface area is 152 Å². The average Bonchev–Trinajstić information content (AvgIpc) is 2.66. The number of hydrazone groups is 1. The van der Waals surface area contributed by atoms with Gasteiger partial charge >= 0.3 is 5.69 Å². The van der Waals surface area contributed by atoms with Crippen LogP contribution in [0.25, 0.3) is 6.08 Å². The third-order valence-electron chi connectivity index (χ3n) is 3.26. The molecule has 0 aromatic heterocycles. The highest BCUT2D eigenvalue weighted by Gasteiger charge is 2.12. The van der Waals surface area contributed by atoms with Gasteiger partial charge in [-0.05, 0) is 41.5 Å². The monoisotopic (exact) mass is 370 g/mol. The van der Waals surface area contributed by atoms with Crippen LogP contribution in [0.3, 0.4) is 0 Å². The fourth-order valence-corrected chi connectivity index (χ4v) is 2.00. The van der Waals surface area contributed by atoms with Crippen LogP contribution in [0.2, 0.25) is 0 Å². The SMILES string of the molecule is O=C(C=Cc1cccc(C(=O)NN=Cc2ccc([N+](=O)[O-])c(O)c2)c1)NO. The molecule has 10 nitrogen and oxygen atoms in total. The second-order valence-electron chi connectivity index (χ2n) is 5.14. The molecule has 0 radical (unpaired) electrons. The van der Waals surface area contributed by atoms with Gasteiger partial charge in [0.05, 0.1) is 11.1 Å². The van der Waals surface area contributed by atoms with Gasteiger partial charge in [-0.1, -0.05) is 12.1 Å². The van der Waals surface area contributed by atoms with Crippen LogP contribution in [0, 0.1) is 10.1 Å². The fourth-order valence-electron chi connectivity index (χ4n) is 2.00. The number of carbonyl (C=O) groups excluding carboxylic acids is 2. The van der Waals surface area contributed by atoms with Gasteiger partial charge in [0.1, 0.15) is 0 Å². The van der Waals surface area contributed by atoms with Gasteiger partial charge in [-0.15, -0.1) is 0 Å². The molecule has 0 aliphatic carbocycles. The largest absolute Gasteiger partial charge is 0.502 e. The summed E-state index contributed by atoms with van der Waals surface area (Å²) < 4.78 is 0. The number of nitro benzene ring substituents is 1. The molecule has 2 aromatic carbocycles. The summed E-state index contributed by atoms with van der Waals surface area (Å²) in [5.41, 5.74) is 4.47. The highest BCUT2D eigenvalue weighted by molar-refractivity contribution is 5.96. The van der Waals surface area contributed by atoms with Crippen LogP contribution in [-0.4, -0.2) is 33.3 Å². The molecule has 0 unspecified atom stereocenters. The van der Waals surface area contributed by atoms with E-state index in [1.165, 1.54) is 36.0 Å². The fraction of sp³-hybridized carbons (Fsp3) is 0. The highest BCUT2D eigenvalue weighted by atomic mass is 16.6. The zero-order valence-corrected chi connectivity index (χ0v) is 13.7. The van der Waals surface area contributed by atoms with E-state index in [0.29, 0.717) is 11.1 Å². The molecular formula is C17H14N4O6. The van der Waals surface area contributed by atoms with E-state index in [-0.39, 0.29) is 5.56 Å². The Bertz CT molecular complexity index is 939. The number of hydrogen-bond donors (Lipinski definition) is 4. The summed E-state index contributed by atoms with van der Waals surface area (Å²) in [7, 11) is 0. The van der Waals surface area contributed by atoms with Crippen molar-refractivity contribution < 1.29 is 24.8 Å². The van der Waals surface area contributed by atoms with Crippen molar-refractivity contribution in [1.29, 1.82) is 0 Å². The van der Waals surface area contributed by atoms with E-state index in [0.717, 1.165) is 18.2 Å². The van der Waals surface area contributed by atoms with E-state index in [9.17, 15) is 24.8 Å². The van der Waals surface area contributed by atoms with Crippen molar-refractivity contribution in [3.05, 3.63) is 75.3 Å². The zero-order valence-electron chi connectivity index (χ0n) is 13.7. The Morgan fingerprint density at radius 1 is 1.15 bits per heavy atom. The number of rotatable bonds is 6. The second-order valence-corrected chi connectivity index (χ2v) is 5.14. The lowest BCUT2D eigenvalue weighted by Gasteiger charge is -2.02. The van der Waals surface area contributed by atoms with Crippen molar-refractivity contribution in [3.63, 3.8) is 0 Å². The molecule has 2 rings (SSSR count). The minimum absolute atomic E-state index is 0.269. The molecule has 0 spiro atoms. The molecule has 0 aliphatic rings. The first kappa shape index (κ1) is 19.3. The van der Waals surface area contributed by atoms with Gasteiger partial charge in [0.25, 0.3) is 11.8 Å². The molecule has 10 heteroatoms. The van der Waals surface area contributed by atoms with Crippen LogP contribution < -0.4 is 10.9 Å². The molecule has 0 saturated carbocycles. The van der Waals surface area contributed by atoms with Gasteiger partial charge in [-0.25, -0.2) is 10.9 Å². The Morgan fingerprint density at radius 3 is 2.59 bits per heavy atom. The summed E-state index contributed by atoms with van der Waals surface area (Å²) in [6.07, 6.45) is 3.72. The van der Waals surface area contributed by atoms with Crippen LogP contribution in [0.1, 0.15) is 21.5 Å². The highest BCUT2D eigenvalue weighted by Crippen LogP contribution is 2.25. The molecule has 2 aromatic rings. The van der Waals surface area contributed by atoms with Crippen molar-refractivity contribution >= 4 is 29.8 Å². The lowest BCUT2D eigenvalue weighted by Crippen LogP contribution is -2.17. The first-order valence-electron chi connectivity index (χ1n) is 7.43.